The van der Waals surface area contributed by atoms with E-state index in [1.165, 1.54) is 16.0 Å². The fourth-order valence-electron chi connectivity index (χ4n) is 2.02. The van der Waals surface area contributed by atoms with Crippen molar-refractivity contribution >= 4 is 6.03 Å². The number of hydrogen-bond donors (Lipinski definition) is 2. The van der Waals surface area contributed by atoms with Gasteiger partial charge in [0.1, 0.15) is 0 Å². The predicted octanol–water partition coefficient (Wildman–Crippen LogP) is 2.29. The molecule has 0 aliphatic carbocycles. The van der Waals surface area contributed by atoms with Crippen LogP contribution < -0.4 is 5.32 Å². The molecule has 1 aromatic rings. The highest BCUT2D eigenvalue weighted by Gasteiger charge is 2.22. The van der Waals surface area contributed by atoms with Crippen LogP contribution in [-0.2, 0) is 5.41 Å². The second-order valence-corrected chi connectivity index (χ2v) is 6.14. The molecule has 4 heteroatoms. The molecule has 2 N–H and O–H groups in total. The van der Waals surface area contributed by atoms with Gasteiger partial charge in [0.15, 0.2) is 0 Å². The second-order valence-electron chi connectivity index (χ2n) is 6.14. The summed E-state index contributed by atoms with van der Waals surface area (Å²) < 4.78 is 0. The van der Waals surface area contributed by atoms with Gasteiger partial charge in [0.05, 0.1) is 6.10 Å². The van der Waals surface area contributed by atoms with Gasteiger partial charge in [-0.2, -0.15) is 0 Å². The summed E-state index contributed by atoms with van der Waals surface area (Å²) in [5.74, 6) is 0. The van der Waals surface area contributed by atoms with Gasteiger partial charge in [-0.25, -0.2) is 4.79 Å². The summed E-state index contributed by atoms with van der Waals surface area (Å²) in [5.41, 5.74) is 2.29. The van der Waals surface area contributed by atoms with Crippen LogP contribution in [-0.4, -0.2) is 42.3 Å². The Hall–Kier alpha value is -1.55. The average Bonchev–Trinajstić information content (AvgIpc) is 2.35. The molecule has 1 atom stereocenters. The lowest BCUT2D eigenvalue weighted by Gasteiger charge is -2.28. The molecule has 4 nitrogen and oxygen atoms in total. The van der Waals surface area contributed by atoms with Gasteiger partial charge in [-0.1, -0.05) is 43.7 Å². The van der Waals surface area contributed by atoms with E-state index in [9.17, 15) is 9.90 Å². The third-order valence-electron chi connectivity index (χ3n) is 3.40. The number of urea groups is 1. The van der Waals surface area contributed by atoms with Crippen LogP contribution in [0.3, 0.4) is 0 Å². The van der Waals surface area contributed by atoms with Crippen LogP contribution in [0.5, 0.6) is 0 Å². The van der Waals surface area contributed by atoms with E-state index < -0.39 is 6.10 Å². The number of nitrogens with zero attached hydrogens (tertiary/aromatic N) is 1. The minimum absolute atomic E-state index is 0.130. The zero-order valence-corrected chi connectivity index (χ0v) is 13.1. The SMILES string of the molecule is Cc1ccc(C(C)(C)CNC(=O)N(C)CC(C)O)cc1. The molecular formula is C16H26N2O2. The molecule has 0 aliphatic heterocycles. The van der Waals surface area contributed by atoms with Crippen molar-refractivity contribution in [2.24, 2.45) is 0 Å². The van der Waals surface area contributed by atoms with Crippen molar-refractivity contribution < 1.29 is 9.90 Å². The van der Waals surface area contributed by atoms with Gasteiger partial charge >= 0.3 is 6.03 Å². The van der Waals surface area contributed by atoms with E-state index in [0.29, 0.717) is 13.1 Å². The summed E-state index contributed by atoms with van der Waals surface area (Å²) in [6.07, 6.45) is -0.518. The topological polar surface area (TPSA) is 52.6 Å². The number of carbonyl (C=O) groups excluding carboxylic acids is 1. The highest BCUT2D eigenvalue weighted by molar-refractivity contribution is 5.74. The Morgan fingerprint density at radius 1 is 1.35 bits per heavy atom. The van der Waals surface area contributed by atoms with E-state index in [1.54, 1.807) is 14.0 Å². The molecule has 0 heterocycles. The van der Waals surface area contributed by atoms with Gasteiger partial charge in [-0.15, -0.1) is 0 Å². The number of carbonyl (C=O) groups is 1. The monoisotopic (exact) mass is 278 g/mol. The first-order valence-corrected chi connectivity index (χ1v) is 6.96. The number of likely N-dealkylation sites (N-methyl/N-ethyl adjacent to an activating group) is 1. The highest BCUT2D eigenvalue weighted by atomic mass is 16.3. The molecular weight excluding hydrogens is 252 g/mol. The zero-order valence-electron chi connectivity index (χ0n) is 13.1. The van der Waals surface area contributed by atoms with Crippen molar-refractivity contribution in [1.29, 1.82) is 0 Å². The quantitative estimate of drug-likeness (QED) is 0.868. The Balaban J connectivity index is 2.59. The fraction of sp³-hybridized carbons (Fsp3) is 0.562. The smallest absolute Gasteiger partial charge is 0.317 e. The van der Waals surface area contributed by atoms with E-state index >= 15 is 0 Å². The summed E-state index contributed by atoms with van der Waals surface area (Å²) in [4.78, 5) is 13.4. The van der Waals surface area contributed by atoms with Gasteiger partial charge in [-0.3, -0.25) is 0 Å². The largest absolute Gasteiger partial charge is 0.392 e. The summed E-state index contributed by atoms with van der Waals surface area (Å²) in [5, 5.41) is 12.2. The van der Waals surface area contributed by atoms with Crippen LogP contribution >= 0.6 is 0 Å². The minimum Gasteiger partial charge on any atom is -0.392 e. The van der Waals surface area contributed by atoms with E-state index in [2.05, 4.69) is 50.4 Å². The Kier molecular flexibility index (Phi) is 5.57. The van der Waals surface area contributed by atoms with Crippen LogP contribution in [0, 0.1) is 6.92 Å². The van der Waals surface area contributed by atoms with Crippen molar-refractivity contribution in [2.75, 3.05) is 20.1 Å². The van der Waals surface area contributed by atoms with Gasteiger partial charge in [-0.05, 0) is 19.4 Å². The van der Waals surface area contributed by atoms with E-state index in [0.717, 1.165) is 0 Å². The van der Waals surface area contributed by atoms with Crippen molar-refractivity contribution in [3.05, 3.63) is 35.4 Å². The molecule has 1 rings (SSSR count). The summed E-state index contributed by atoms with van der Waals surface area (Å²) >= 11 is 0. The standard InChI is InChI=1S/C16H26N2O2/c1-12-6-8-14(9-7-12)16(3,4)11-17-15(20)18(5)10-13(2)19/h6-9,13,19H,10-11H2,1-5H3,(H,17,20). The molecule has 1 aromatic carbocycles. The van der Waals surface area contributed by atoms with Crippen molar-refractivity contribution in [2.45, 2.75) is 39.2 Å². The maximum Gasteiger partial charge on any atom is 0.317 e. The molecule has 0 saturated heterocycles. The third-order valence-corrected chi connectivity index (χ3v) is 3.40. The summed E-state index contributed by atoms with van der Waals surface area (Å²) in [6.45, 7) is 8.82. The first-order valence-electron chi connectivity index (χ1n) is 6.96. The van der Waals surface area contributed by atoms with Crippen LogP contribution in [0.25, 0.3) is 0 Å². The second kappa shape index (κ2) is 6.75. The zero-order chi connectivity index (χ0) is 15.3. The molecule has 20 heavy (non-hydrogen) atoms. The Morgan fingerprint density at radius 3 is 2.40 bits per heavy atom. The Morgan fingerprint density at radius 2 is 1.90 bits per heavy atom. The lowest BCUT2D eigenvalue weighted by molar-refractivity contribution is 0.143. The number of rotatable bonds is 5. The van der Waals surface area contributed by atoms with Crippen molar-refractivity contribution in [3.63, 3.8) is 0 Å². The van der Waals surface area contributed by atoms with Crippen LogP contribution in [0.4, 0.5) is 4.79 Å². The highest BCUT2D eigenvalue weighted by Crippen LogP contribution is 2.22. The maximum absolute atomic E-state index is 11.9. The first-order chi connectivity index (χ1) is 9.22. The van der Waals surface area contributed by atoms with Gasteiger partial charge in [0.2, 0.25) is 0 Å². The molecule has 112 valence electrons. The predicted molar refractivity (Wildman–Crippen MR) is 81.9 cm³/mol. The van der Waals surface area contributed by atoms with Gasteiger partial charge in [0.25, 0.3) is 0 Å². The van der Waals surface area contributed by atoms with Crippen molar-refractivity contribution in [3.8, 4) is 0 Å². The number of nitrogens with one attached hydrogen (secondary N) is 1. The number of aliphatic hydroxyl groups excluding tert-OH is 1. The number of benzene rings is 1. The average molecular weight is 278 g/mol. The van der Waals surface area contributed by atoms with E-state index in [1.807, 2.05) is 0 Å². The number of hydrogen-bond acceptors (Lipinski definition) is 2. The van der Waals surface area contributed by atoms with Crippen molar-refractivity contribution in [1.82, 2.24) is 10.2 Å². The number of aryl methyl sites for hydroxylation is 1. The third kappa shape index (κ3) is 4.85. The Bertz CT molecular complexity index is 438. The normalized spacial score (nSPS) is 12.9. The first kappa shape index (κ1) is 16.5. The molecule has 0 aliphatic rings. The van der Waals surface area contributed by atoms with Crippen LogP contribution in [0.2, 0.25) is 0 Å². The molecule has 2 amide bonds. The number of aliphatic hydroxyl groups is 1. The fourth-order valence-corrected chi connectivity index (χ4v) is 2.02. The van der Waals surface area contributed by atoms with Crippen LogP contribution in [0.1, 0.15) is 31.9 Å². The summed E-state index contributed by atoms with van der Waals surface area (Å²) in [6, 6.07) is 8.20. The molecule has 0 bridgehead atoms. The molecule has 0 radical (unpaired) electrons. The molecule has 0 aromatic heterocycles. The molecule has 0 fully saturated rings. The maximum atomic E-state index is 11.9. The molecule has 1 unspecified atom stereocenters. The summed E-state index contributed by atoms with van der Waals surface area (Å²) in [7, 11) is 1.68. The lowest BCUT2D eigenvalue weighted by atomic mass is 9.84. The number of amides is 2. The van der Waals surface area contributed by atoms with Crippen LogP contribution in [0.15, 0.2) is 24.3 Å². The Labute approximate surface area is 121 Å². The van der Waals surface area contributed by atoms with E-state index in [-0.39, 0.29) is 11.4 Å². The lowest BCUT2D eigenvalue weighted by Crippen LogP contribution is -2.45. The molecule has 0 saturated carbocycles. The minimum atomic E-state index is -0.518. The van der Waals surface area contributed by atoms with Gasteiger partial charge in [0, 0.05) is 25.6 Å². The molecule has 0 spiro atoms. The van der Waals surface area contributed by atoms with Gasteiger partial charge < -0.3 is 15.3 Å². The van der Waals surface area contributed by atoms with E-state index in [4.69, 9.17) is 0 Å².